The van der Waals surface area contributed by atoms with E-state index in [1.54, 1.807) is 0 Å². The molecule has 118 valence electrons. The first kappa shape index (κ1) is 14.3. The van der Waals surface area contributed by atoms with Crippen molar-refractivity contribution in [1.29, 1.82) is 0 Å². The van der Waals surface area contributed by atoms with Crippen LogP contribution in [0.15, 0.2) is 24.3 Å². The number of aliphatic hydroxyl groups is 1. The van der Waals surface area contributed by atoms with Crippen LogP contribution in [0.1, 0.15) is 43.2 Å². The van der Waals surface area contributed by atoms with Gasteiger partial charge in [0, 0.05) is 5.41 Å². The van der Waals surface area contributed by atoms with Crippen LogP contribution in [0.25, 0.3) is 0 Å². The number of fused-ring (bicyclic) bond motifs is 1. The number of hydrogen-bond acceptors (Lipinski definition) is 2. The molecule has 0 radical (unpaired) electrons. The lowest BCUT2D eigenvalue weighted by atomic mass is 9.53. The fraction of sp³-hybridized carbons (Fsp3) is 0.632. The average Bonchev–Trinajstić information content (AvgIpc) is 3.04. The Kier molecular flexibility index (Phi) is 3.12. The third-order valence-corrected chi connectivity index (χ3v) is 6.85. The van der Waals surface area contributed by atoms with E-state index in [2.05, 4.69) is 31.2 Å². The maximum Gasteiger partial charge on any atom is 0.304 e. The Balaban J connectivity index is 1.76. The van der Waals surface area contributed by atoms with Crippen molar-refractivity contribution >= 4 is 5.97 Å². The fourth-order valence-corrected chi connectivity index (χ4v) is 5.93. The Morgan fingerprint density at radius 3 is 2.59 bits per heavy atom. The van der Waals surface area contributed by atoms with E-state index >= 15 is 0 Å². The maximum atomic E-state index is 11.6. The topological polar surface area (TPSA) is 57.5 Å². The van der Waals surface area contributed by atoms with E-state index in [9.17, 15) is 15.0 Å². The van der Waals surface area contributed by atoms with Crippen molar-refractivity contribution in [3.05, 3.63) is 35.4 Å². The van der Waals surface area contributed by atoms with Gasteiger partial charge in [-0.3, -0.25) is 4.79 Å². The Bertz CT molecular complexity index is 593. The van der Waals surface area contributed by atoms with Crippen molar-refractivity contribution < 1.29 is 15.0 Å². The van der Waals surface area contributed by atoms with E-state index in [0.717, 1.165) is 25.7 Å². The molecular formula is C19H24O3. The van der Waals surface area contributed by atoms with Crippen molar-refractivity contribution in [3.63, 3.8) is 0 Å². The number of aliphatic hydroxyl groups excluding tert-OH is 1. The molecule has 4 rings (SSSR count). The Morgan fingerprint density at radius 1 is 1.23 bits per heavy atom. The van der Waals surface area contributed by atoms with Gasteiger partial charge in [0.05, 0.1) is 12.5 Å². The zero-order valence-corrected chi connectivity index (χ0v) is 13.0. The second-order valence-electron chi connectivity index (χ2n) is 7.79. The lowest BCUT2D eigenvalue weighted by Crippen LogP contribution is -2.49. The van der Waals surface area contributed by atoms with Crippen LogP contribution in [0, 0.1) is 30.6 Å². The van der Waals surface area contributed by atoms with Crippen molar-refractivity contribution in [1.82, 2.24) is 0 Å². The van der Waals surface area contributed by atoms with Crippen LogP contribution >= 0.6 is 0 Å². The zero-order chi connectivity index (χ0) is 15.5. The number of carbonyl (C=O) groups is 1. The molecule has 3 aliphatic rings. The molecule has 22 heavy (non-hydrogen) atoms. The molecule has 3 aliphatic carbocycles. The number of hydrogen-bond donors (Lipinski definition) is 2. The highest BCUT2D eigenvalue weighted by molar-refractivity contribution is 5.69. The highest BCUT2D eigenvalue weighted by atomic mass is 16.4. The number of benzene rings is 1. The van der Waals surface area contributed by atoms with Crippen LogP contribution in [-0.2, 0) is 10.2 Å². The number of carboxylic acid groups (broad SMARTS) is 1. The molecule has 5 unspecified atom stereocenters. The fourth-order valence-electron chi connectivity index (χ4n) is 5.93. The number of rotatable bonds is 3. The van der Waals surface area contributed by atoms with Crippen molar-refractivity contribution in [2.75, 3.05) is 0 Å². The van der Waals surface area contributed by atoms with Crippen LogP contribution in [0.5, 0.6) is 0 Å². The van der Waals surface area contributed by atoms with E-state index in [-0.39, 0.29) is 17.9 Å². The predicted octanol–water partition coefficient (Wildman–Crippen LogP) is 3.13. The summed E-state index contributed by atoms with van der Waals surface area (Å²) in [6, 6.07) is 8.49. The van der Waals surface area contributed by atoms with Crippen molar-refractivity contribution in [3.8, 4) is 0 Å². The molecule has 0 aromatic heterocycles. The lowest BCUT2D eigenvalue weighted by Gasteiger charge is -2.51. The van der Waals surface area contributed by atoms with E-state index in [1.165, 1.54) is 11.1 Å². The van der Waals surface area contributed by atoms with Gasteiger partial charge in [0.15, 0.2) is 0 Å². The smallest absolute Gasteiger partial charge is 0.304 e. The Morgan fingerprint density at radius 2 is 1.95 bits per heavy atom. The summed E-state index contributed by atoms with van der Waals surface area (Å²) in [6.07, 6.45) is 4.07. The van der Waals surface area contributed by atoms with E-state index in [4.69, 9.17) is 0 Å². The molecule has 0 spiro atoms. The third-order valence-electron chi connectivity index (χ3n) is 6.85. The quantitative estimate of drug-likeness (QED) is 0.901. The predicted molar refractivity (Wildman–Crippen MR) is 83.5 cm³/mol. The molecule has 1 aromatic carbocycles. The highest BCUT2D eigenvalue weighted by Gasteiger charge is 2.61. The van der Waals surface area contributed by atoms with Gasteiger partial charge in [-0.15, -0.1) is 0 Å². The molecule has 0 amide bonds. The van der Waals surface area contributed by atoms with Gasteiger partial charge >= 0.3 is 5.97 Å². The van der Waals surface area contributed by atoms with Gasteiger partial charge < -0.3 is 10.2 Å². The largest absolute Gasteiger partial charge is 0.481 e. The summed E-state index contributed by atoms with van der Waals surface area (Å²) in [6.45, 7) is 2.07. The monoisotopic (exact) mass is 300 g/mol. The molecule has 3 nitrogen and oxygen atoms in total. The minimum Gasteiger partial charge on any atom is -0.481 e. The normalized spacial score (nSPS) is 42.5. The first-order valence-electron chi connectivity index (χ1n) is 8.48. The van der Waals surface area contributed by atoms with E-state index < -0.39 is 5.97 Å². The molecule has 0 aliphatic heterocycles. The molecule has 3 heteroatoms. The SMILES string of the molecule is Cc1ccc(C2(CC(=O)O)CCC3C4CC(CC42)[C@H]3O)cc1. The highest BCUT2D eigenvalue weighted by Crippen LogP contribution is 2.64. The number of aryl methyl sites for hydroxylation is 1. The molecule has 6 atom stereocenters. The average molecular weight is 300 g/mol. The summed E-state index contributed by atoms with van der Waals surface area (Å²) in [5, 5.41) is 19.9. The standard InChI is InChI=1S/C19H24O3/c1-11-2-4-13(5-3-11)19(10-17(20)21)7-6-14-15-8-12(18(14)22)9-16(15)19/h2-5,12,14-16,18,22H,6-10H2,1H3,(H,20,21)/t12?,14?,15?,16?,18-,19?/m1/s1. The molecule has 3 saturated carbocycles. The maximum absolute atomic E-state index is 11.6. The van der Waals surface area contributed by atoms with Crippen LogP contribution in [-0.4, -0.2) is 22.3 Å². The van der Waals surface area contributed by atoms with Crippen molar-refractivity contribution in [2.24, 2.45) is 23.7 Å². The second kappa shape index (κ2) is 4.82. The van der Waals surface area contributed by atoms with Crippen LogP contribution in [0.3, 0.4) is 0 Å². The molecule has 2 N–H and O–H groups in total. The summed E-state index contributed by atoms with van der Waals surface area (Å²) in [5.41, 5.74) is 2.19. The van der Waals surface area contributed by atoms with Crippen LogP contribution < -0.4 is 0 Å². The zero-order valence-electron chi connectivity index (χ0n) is 13.0. The molecule has 0 heterocycles. The molecule has 3 fully saturated rings. The summed E-state index contributed by atoms with van der Waals surface area (Å²) in [7, 11) is 0. The molecule has 0 saturated heterocycles. The molecule has 1 aromatic rings. The minimum absolute atomic E-state index is 0.137. The first-order chi connectivity index (χ1) is 10.5. The van der Waals surface area contributed by atoms with E-state index in [1.807, 2.05) is 0 Å². The van der Waals surface area contributed by atoms with Gasteiger partial charge in [0.25, 0.3) is 0 Å². The lowest BCUT2D eigenvalue weighted by molar-refractivity contribution is -0.140. The van der Waals surface area contributed by atoms with E-state index in [0.29, 0.717) is 23.7 Å². The van der Waals surface area contributed by atoms with Gasteiger partial charge in [0.2, 0.25) is 0 Å². The van der Waals surface area contributed by atoms with Crippen molar-refractivity contribution in [2.45, 2.75) is 50.5 Å². The number of aliphatic carboxylic acids is 1. The minimum atomic E-state index is -0.692. The van der Waals surface area contributed by atoms with Gasteiger partial charge in [-0.1, -0.05) is 29.8 Å². The van der Waals surface area contributed by atoms with Gasteiger partial charge in [-0.25, -0.2) is 0 Å². The summed E-state index contributed by atoms with van der Waals surface area (Å²) in [4.78, 5) is 11.6. The van der Waals surface area contributed by atoms with Crippen LogP contribution in [0.2, 0.25) is 0 Å². The number of carboxylic acids is 1. The van der Waals surface area contributed by atoms with Gasteiger partial charge in [-0.2, -0.15) is 0 Å². The summed E-state index contributed by atoms with van der Waals surface area (Å²) in [5.74, 6) is 1.07. The molecular weight excluding hydrogens is 276 g/mol. The first-order valence-corrected chi connectivity index (χ1v) is 8.48. The second-order valence-corrected chi connectivity index (χ2v) is 7.79. The van der Waals surface area contributed by atoms with Gasteiger partial charge in [0.1, 0.15) is 0 Å². The van der Waals surface area contributed by atoms with Gasteiger partial charge in [-0.05, 0) is 61.8 Å². The Labute approximate surface area is 131 Å². The summed E-state index contributed by atoms with van der Waals surface area (Å²) >= 11 is 0. The van der Waals surface area contributed by atoms with Crippen LogP contribution in [0.4, 0.5) is 0 Å². The Hall–Kier alpha value is -1.35. The third kappa shape index (κ3) is 1.88. The summed E-state index contributed by atoms with van der Waals surface area (Å²) < 4.78 is 0. The molecule has 2 bridgehead atoms.